The van der Waals surface area contributed by atoms with Gasteiger partial charge < -0.3 is 72.9 Å². The van der Waals surface area contributed by atoms with Crippen LogP contribution < -0.4 is 9.47 Å². The van der Waals surface area contributed by atoms with Gasteiger partial charge in [0.25, 0.3) is 0 Å². The number of nitrogens with zero attached hydrogens (tertiary/aromatic N) is 3. The topological polar surface area (TPSA) is 260 Å². The number of aromatic nitrogens is 3. The van der Waals surface area contributed by atoms with Crippen molar-refractivity contribution in [1.29, 1.82) is 0 Å². The predicted molar refractivity (Wildman–Crippen MR) is 284 cm³/mol. The maximum absolute atomic E-state index is 14.2. The van der Waals surface area contributed by atoms with Crippen LogP contribution in [0.2, 0.25) is 0 Å². The van der Waals surface area contributed by atoms with E-state index >= 15 is 0 Å². The molecule has 0 saturated carbocycles. The van der Waals surface area contributed by atoms with Crippen LogP contribution in [0.4, 0.5) is 0 Å². The van der Waals surface area contributed by atoms with Gasteiger partial charge in [0.2, 0.25) is 0 Å². The Bertz CT molecular complexity index is 2440. The van der Waals surface area contributed by atoms with Crippen LogP contribution in [0, 0.1) is 37.5 Å². The number of likely N-dealkylation sites (N-methyl/N-ethyl adjacent to an activating group) is 1. The summed E-state index contributed by atoms with van der Waals surface area (Å²) >= 11 is 0. The first-order valence-electron chi connectivity index (χ1n) is 26.3. The van der Waals surface area contributed by atoms with E-state index < -0.39 is 113 Å². The quantitative estimate of drug-likeness (QED) is 0.135. The normalized spacial score (nSPS) is 37.4. The molecular formula is C55H88N4O16S. The Balaban J connectivity index is 0.000000367. The molecule has 6 rings (SSSR count). The molecule has 3 fully saturated rings. The number of ether oxygens (including phenoxy) is 9. The number of aliphatic hydroxyl groups excluding tert-OH is 3. The number of rotatable bonds is 13. The smallest absolute Gasteiger partial charge is 0.311 e. The molecule has 19 atom stereocenters. The van der Waals surface area contributed by atoms with E-state index in [1.165, 1.54) is 21.1 Å². The van der Waals surface area contributed by atoms with Gasteiger partial charge in [-0.1, -0.05) is 27.7 Å². The van der Waals surface area contributed by atoms with Crippen molar-refractivity contribution >= 4 is 33.6 Å². The molecule has 3 aliphatic rings. The zero-order valence-corrected chi connectivity index (χ0v) is 48.8. The summed E-state index contributed by atoms with van der Waals surface area (Å²) < 4.78 is 67.1. The van der Waals surface area contributed by atoms with Gasteiger partial charge in [0.15, 0.2) is 17.7 Å². The minimum atomic E-state index is -1.96. The highest BCUT2D eigenvalue weighted by Crippen LogP contribution is 2.42. The van der Waals surface area contributed by atoms with Crippen molar-refractivity contribution in [2.75, 3.05) is 42.5 Å². The number of cyclic esters (lactones) is 1. The van der Waals surface area contributed by atoms with Crippen molar-refractivity contribution in [1.82, 2.24) is 19.9 Å². The number of pyridine rings is 1. The third-order valence-electron chi connectivity index (χ3n) is 16.2. The first-order chi connectivity index (χ1) is 35.5. The van der Waals surface area contributed by atoms with E-state index in [4.69, 9.17) is 42.6 Å². The Kier molecular flexibility index (Phi) is 21.6. The first-order valence-corrected chi connectivity index (χ1v) is 27.6. The molecule has 2 unspecified atom stereocenters. The number of hydrogen-bond acceptors (Lipinski definition) is 19. The number of nitrogens with one attached hydrogen (secondary N) is 1. The Hall–Kier alpha value is -3.71. The van der Waals surface area contributed by atoms with Crippen LogP contribution in [0.15, 0.2) is 29.6 Å². The monoisotopic (exact) mass is 1090 g/mol. The first kappa shape index (κ1) is 63.1. The van der Waals surface area contributed by atoms with Crippen molar-refractivity contribution < 1.29 is 76.9 Å². The standard InChI is InChI=1S/C38H69NO13.C17H19N3O3S/c1-15-26-38(10,45)31(42)21(4)28(40)19(2)17-37(9,47-14)33(52-35-29(41)25(39(11)12)16-20(3)48-35)22(5)30(23(6)34(44)50-26)51-27-18-36(8,46-13)32(43)24(7)49-27;1-10-8-18-15(11(2)16(10)23-4)9-24(21)17-19-13-6-5-12(22-3)7-14(13)20-17/h19-27,29-33,35,41-43,45H,15-18H2,1-14H3;5-8H,9H2,1-4H3,(H,19,20)/t19-,20-,21+,22?,23-,24+,25+,26-,27+,29-,30+,31-,32+,33-,35+,36-,37-,38-;/m1./s1. The molecule has 0 bridgehead atoms. The molecule has 5 N–H and O–H groups in total. The zero-order chi connectivity index (χ0) is 56.9. The second kappa shape index (κ2) is 26.0. The molecule has 1 aromatic carbocycles. The number of benzene rings is 1. The summed E-state index contributed by atoms with van der Waals surface area (Å²) in [6.07, 6.45) is -6.99. The van der Waals surface area contributed by atoms with Crippen molar-refractivity contribution in [2.24, 2.45) is 23.7 Å². The zero-order valence-electron chi connectivity index (χ0n) is 47.9. The van der Waals surface area contributed by atoms with E-state index in [1.54, 1.807) is 68.9 Å². The van der Waals surface area contributed by atoms with Gasteiger partial charge in [-0.25, -0.2) is 4.98 Å². The molecule has 3 saturated heterocycles. The third kappa shape index (κ3) is 13.8. The number of hydrogen-bond donors (Lipinski definition) is 5. The summed E-state index contributed by atoms with van der Waals surface area (Å²) in [6.45, 7) is 20.9. The van der Waals surface area contributed by atoms with E-state index in [9.17, 15) is 34.2 Å². The number of aromatic amines is 1. The van der Waals surface area contributed by atoms with Gasteiger partial charge in [-0.05, 0) is 101 Å². The van der Waals surface area contributed by atoms with Crippen LogP contribution in [0.5, 0.6) is 11.5 Å². The van der Waals surface area contributed by atoms with E-state index in [2.05, 4.69) is 15.0 Å². The fourth-order valence-corrected chi connectivity index (χ4v) is 12.3. The number of carbonyl (C=O) groups excluding carboxylic acids is 2. The summed E-state index contributed by atoms with van der Waals surface area (Å²) in [5.74, 6) is -2.68. The summed E-state index contributed by atoms with van der Waals surface area (Å²) in [6, 6.07) is 5.21. The Morgan fingerprint density at radius 3 is 2.13 bits per heavy atom. The lowest BCUT2D eigenvalue weighted by atomic mass is 9.74. The lowest BCUT2D eigenvalue weighted by molar-refractivity contribution is -0.319. The number of ketones is 1. The largest absolute Gasteiger partial charge is 0.497 e. The SMILES string of the molecule is CC[C@H]1OC(=O)[C@H](C)[C@@H](O[C@H]2C[C@@](C)(OC)[C@@H](O)[C@H](C)O2)C(C)[C@@H](O[C@@H]2O[C@H](C)C[C@H](N(C)C)[C@H]2O)[C@](C)(OC)C[C@@H](C)C(=O)[C@H](C)[C@@H](O)[C@]1(C)O.COc1ccc2nc(S(=O)Cc3ncc(C)c(OC)c3C)[nH]c2c1. The molecule has 20 nitrogen and oxygen atoms in total. The second-order valence-corrected chi connectivity index (χ2v) is 23.5. The third-order valence-corrected chi connectivity index (χ3v) is 17.3. The highest BCUT2D eigenvalue weighted by atomic mass is 32.2. The summed E-state index contributed by atoms with van der Waals surface area (Å²) in [5.41, 5.74) is -0.0850. The molecule has 0 spiro atoms. The van der Waals surface area contributed by atoms with Gasteiger partial charge in [0.05, 0.1) is 95.1 Å². The van der Waals surface area contributed by atoms with Crippen LogP contribution in [-0.2, 0) is 59.3 Å². The van der Waals surface area contributed by atoms with Crippen molar-refractivity contribution in [3.63, 3.8) is 0 Å². The Morgan fingerprint density at radius 1 is 0.882 bits per heavy atom. The van der Waals surface area contributed by atoms with Gasteiger partial charge in [0, 0.05) is 67.8 Å². The molecular weight excluding hydrogens is 1000 g/mol. The molecule has 3 aliphatic heterocycles. The van der Waals surface area contributed by atoms with Crippen LogP contribution in [0.1, 0.15) is 112 Å². The lowest BCUT2D eigenvalue weighted by Crippen LogP contribution is -2.61. The highest BCUT2D eigenvalue weighted by Gasteiger charge is 2.54. The molecule has 76 heavy (non-hydrogen) atoms. The van der Waals surface area contributed by atoms with Crippen molar-refractivity contribution in [3.05, 3.63) is 41.2 Å². The van der Waals surface area contributed by atoms with E-state index in [0.717, 1.165) is 39.4 Å². The number of H-pyrrole nitrogens is 1. The molecule has 0 radical (unpaired) electrons. The predicted octanol–water partition coefficient (Wildman–Crippen LogP) is 5.34. The van der Waals surface area contributed by atoms with Gasteiger partial charge in [-0.3, -0.25) is 18.8 Å². The number of esters is 1. The molecule has 21 heteroatoms. The number of methoxy groups -OCH3 is 4. The number of imidazole rings is 1. The molecule has 0 amide bonds. The molecule has 430 valence electrons. The summed E-state index contributed by atoms with van der Waals surface area (Å²) in [7, 11) is 8.67. The Labute approximate surface area is 451 Å². The Morgan fingerprint density at radius 2 is 1.54 bits per heavy atom. The maximum Gasteiger partial charge on any atom is 0.311 e. The molecule has 5 heterocycles. The maximum atomic E-state index is 14.2. The highest BCUT2D eigenvalue weighted by molar-refractivity contribution is 7.84. The van der Waals surface area contributed by atoms with Crippen LogP contribution in [0.3, 0.4) is 0 Å². The molecule has 0 aliphatic carbocycles. The molecule has 3 aromatic rings. The van der Waals surface area contributed by atoms with E-state index in [1.807, 2.05) is 64.9 Å². The molecule has 2 aromatic heterocycles. The fourth-order valence-electron chi connectivity index (χ4n) is 11.2. The number of carbonyl (C=O) groups is 2. The average molecular weight is 1090 g/mol. The summed E-state index contributed by atoms with van der Waals surface area (Å²) in [4.78, 5) is 42.0. The van der Waals surface area contributed by atoms with Gasteiger partial charge in [0.1, 0.15) is 41.2 Å². The van der Waals surface area contributed by atoms with Crippen LogP contribution >= 0.6 is 0 Å². The lowest BCUT2D eigenvalue weighted by Gasteiger charge is -2.50. The number of Topliss-reactive ketones (excluding diaryl/α,β-unsaturated/α-hetero) is 1. The van der Waals surface area contributed by atoms with Gasteiger partial charge in [-0.15, -0.1) is 0 Å². The van der Waals surface area contributed by atoms with E-state index in [-0.39, 0.29) is 42.9 Å². The van der Waals surface area contributed by atoms with Gasteiger partial charge in [-0.2, -0.15) is 0 Å². The van der Waals surface area contributed by atoms with Crippen LogP contribution in [0.25, 0.3) is 11.0 Å². The number of aliphatic hydroxyl groups is 4. The van der Waals surface area contributed by atoms with E-state index in [0.29, 0.717) is 11.6 Å². The second-order valence-electron chi connectivity index (χ2n) is 22.1. The summed E-state index contributed by atoms with van der Waals surface area (Å²) in [5, 5.41) is 46.0. The minimum Gasteiger partial charge on any atom is -0.497 e. The van der Waals surface area contributed by atoms with Gasteiger partial charge >= 0.3 is 5.97 Å². The minimum absolute atomic E-state index is 0.111. The van der Waals surface area contributed by atoms with Crippen molar-refractivity contribution in [3.8, 4) is 11.5 Å². The number of aryl methyl sites for hydroxylation is 1. The number of fused-ring (bicyclic) bond motifs is 1. The van der Waals surface area contributed by atoms with Crippen molar-refractivity contribution in [2.45, 2.75) is 204 Å². The fraction of sp³-hybridized carbons (Fsp3) is 0.745. The van der Waals surface area contributed by atoms with Crippen LogP contribution in [-0.4, -0.2) is 183 Å². The average Bonchev–Trinajstić information content (AvgIpc) is 3.82.